The number of nitrogens with one attached hydrogen (secondary N) is 1. The van der Waals surface area contributed by atoms with Crippen molar-refractivity contribution in [3.05, 3.63) is 53.1 Å². The van der Waals surface area contributed by atoms with Gasteiger partial charge in [-0.3, -0.25) is 19.3 Å². The van der Waals surface area contributed by atoms with Crippen LogP contribution in [0.5, 0.6) is 11.5 Å². The van der Waals surface area contributed by atoms with Crippen LogP contribution in [0, 0.1) is 0 Å². The van der Waals surface area contributed by atoms with Crippen LogP contribution in [0.15, 0.2) is 36.4 Å². The number of nitrogens with zero attached hydrogens (tertiary/aromatic N) is 2. The van der Waals surface area contributed by atoms with Gasteiger partial charge in [-0.2, -0.15) is 0 Å². The number of carbonyl (C=O) groups excluding carboxylic acids is 3. The number of rotatable bonds is 9. The molecule has 0 saturated heterocycles. The molecule has 0 bridgehead atoms. The fourth-order valence-electron chi connectivity index (χ4n) is 4.79. The monoisotopic (exact) mass is 465 g/mol. The van der Waals surface area contributed by atoms with E-state index >= 15 is 0 Å². The summed E-state index contributed by atoms with van der Waals surface area (Å²) in [4.78, 5) is 42.5. The Morgan fingerprint density at radius 3 is 2.47 bits per heavy atom. The summed E-state index contributed by atoms with van der Waals surface area (Å²) in [5, 5.41) is 2.90. The highest BCUT2D eigenvalue weighted by molar-refractivity contribution is 6.18. The number of fused-ring (bicyclic) bond motifs is 5. The normalized spacial score (nSPS) is 16.3. The molecule has 3 amide bonds. The van der Waals surface area contributed by atoms with Gasteiger partial charge in [0.2, 0.25) is 5.91 Å². The second kappa shape index (κ2) is 9.75. The highest BCUT2D eigenvalue weighted by Crippen LogP contribution is 2.49. The van der Waals surface area contributed by atoms with Gasteiger partial charge in [0.25, 0.3) is 11.8 Å². The van der Waals surface area contributed by atoms with Crippen molar-refractivity contribution >= 4 is 23.4 Å². The lowest BCUT2D eigenvalue weighted by Crippen LogP contribution is -2.48. The van der Waals surface area contributed by atoms with Crippen LogP contribution in [0.3, 0.4) is 0 Å². The molecule has 34 heavy (non-hydrogen) atoms. The molecule has 0 spiro atoms. The largest absolute Gasteiger partial charge is 0.493 e. The third-order valence-electron chi connectivity index (χ3n) is 6.24. The number of anilines is 1. The smallest absolute Gasteiger partial charge is 0.264 e. The summed E-state index contributed by atoms with van der Waals surface area (Å²) < 4.78 is 11.0. The molecule has 180 valence electrons. The molecule has 0 saturated carbocycles. The number of para-hydroxylation sites is 1. The minimum atomic E-state index is -0.547. The van der Waals surface area contributed by atoms with Gasteiger partial charge >= 0.3 is 0 Å². The molecule has 2 aliphatic heterocycles. The Kier molecular flexibility index (Phi) is 6.77. The molecule has 8 nitrogen and oxygen atoms in total. The zero-order chi connectivity index (χ0) is 24.4. The topological polar surface area (TPSA) is 88.2 Å². The number of benzene rings is 2. The highest BCUT2D eigenvalue weighted by atomic mass is 16.5. The van der Waals surface area contributed by atoms with E-state index in [2.05, 4.69) is 5.32 Å². The molecule has 0 aliphatic carbocycles. The number of ether oxygens (including phenoxy) is 2. The average Bonchev–Trinajstić information content (AvgIpc) is 3.12. The molecule has 2 aliphatic rings. The van der Waals surface area contributed by atoms with Crippen LogP contribution in [0.1, 0.15) is 72.0 Å². The lowest BCUT2D eigenvalue weighted by molar-refractivity contribution is -0.121. The first-order chi connectivity index (χ1) is 16.4. The fourth-order valence-corrected chi connectivity index (χ4v) is 4.79. The molecule has 0 fully saturated rings. The second-order valence-electron chi connectivity index (χ2n) is 8.86. The van der Waals surface area contributed by atoms with E-state index in [-0.39, 0.29) is 23.8 Å². The van der Waals surface area contributed by atoms with Crippen LogP contribution < -0.4 is 19.7 Å². The molecular weight excluding hydrogens is 434 g/mol. The van der Waals surface area contributed by atoms with Crippen molar-refractivity contribution in [1.82, 2.24) is 10.2 Å². The van der Waals surface area contributed by atoms with Gasteiger partial charge in [0, 0.05) is 24.6 Å². The molecule has 2 aromatic carbocycles. The summed E-state index contributed by atoms with van der Waals surface area (Å²) >= 11 is 0. The summed E-state index contributed by atoms with van der Waals surface area (Å²) in [6, 6.07) is 10.9. The Morgan fingerprint density at radius 2 is 1.76 bits per heavy atom. The summed E-state index contributed by atoms with van der Waals surface area (Å²) in [7, 11) is 3.04. The predicted molar refractivity (Wildman–Crippen MR) is 128 cm³/mol. The Balaban J connectivity index is 1.61. The molecule has 2 aromatic rings. The van der Waals surface area contributed by atoms with Gasteiger partial charge in [-0.15, -0.1) is 0 Å². The van der Waals surface area contributed by atoms with E-state index in [9.17, 15) is 14.4 Å². The lowest BCUT2D eigenvalue weighted by Gasteiger charge is -2.41. The van der Waals surface area contributed by atoms with Gasteiger partial charge in [-0.1, -0.05) is 24.6 Å². The quantitative estimate of drug-likeness (QED) is 0.568. The maximum absolute atomic E-state index is 13.6. The number of methoxy groups -OCH3 is 2. The number of hydrogen-bond donors (Lipinski definition) is 1. The Labute approximate surface area is 199 Å². The predicted octanol–water partition coefficient (Wildman–Crippen LogP) is 3.90. The number of hydrogen-bond acceptors (Lipinski definition) is 5. The van der Waals surface area contributed by atoms with E-state index in [0.717, 1.165) is 24.8 Å². The molecule has 4 rings (SSSR count). The SMILES string of the molecule is COc1ccc2c(c1OC)C(=O)N1c3ccccc3C(=O)N(CCCCCC(=O)NC(C)C)[C@@H]21. The van der Waals surface area contributed by atoms with Crippen molar-refractivity contribution < 1.29 is 23.9 Å². The first kappa shape index (κ1) is 23.6. The van der Waals surface area contributed by atoms with Crippen LogP contribution in [0.4, 0.5) is 5.69 Å². The maximum atomic E-state index is 13.6. The van der Waals surface area contributed by atoms with E-state index < -0.39 is 6.17 Å². The number of carbonyl (C=O) groups is 3. The fraction of sp³-hybridized carbons (Fsp3) is 0.423. The van der Waals surface area contributed by atoms with Crippen LogP contribution >= 0.6 is 0 Å². The van der Waals surface area contributed by atoms with Gasteiger partial charge in [0.15, 0.2) is 11.5 Å². The molecular formula is C26H31N3O5. The maximum Gasteiger partial charge on any atom is 0.264 e. The molecule has 0 unspecified atom stereocenters. The molecule has 1 N–H and O–H groups in total. The molecule has 2 heterocycles. The summed E-state index contributed by atoms with van der Waals surface area (Å²) in [5.41, 5.74) is 2.25. The first-order valence-corrected chi connectivity index (χ1v) is 11.7. The van der Waals surface area contributed by atoms with E-state index in [1.54, 1.807) is 34.1 Å². The number of unbranched alkanes of at least 4 members (excludes halogenated alkanes) is 2. The van der Waals surface area contributed by atoms with Crippen molar-refractivity contribution in [1.29, 1.82) is 0 Å². The second-order valence-corrected chi connectivity index (χ2v) is 8.86. The van der Waals surface area contributed by atoms with Crippen molar-refractivity contribution in [2.45, 2.75) is 51.7 Å². The van der Waals surface area contributed by atoms with Crippen LogP contribution in [0.2, 0.25) is 0 Å². The molecule has 8 heteroatoms. The van der Waals surface area contributed by atoms with Gasteiger partial charge in [-0.05, 0) is 44.9 Å². The van der Waals surface area contributed by atoms with Crippen molar-refractivity contribution in [3.63, 3.8) is 0 Å². The van der Waals surface area contributed by atoms with E-state index in [1.165, 1.54) is 14.2 Å². The Morgan fingerprint density at radius 1 is 1.00 bits per heavy atom. The Hall–Kier alpha value is -3.55. The minimum Gasteiger partial charge on any atom is -0.493 e. The lowest BCUT2D eigenvalue weighted by atomic mass is 10.0. The highest BCUT2D eigenvalue weighted by Gasteiger charge is 2.49. The molecule has 0 radical (unpaired) electrons. The van der Waals surface area contributed by atoms with E-state index in [0.29, 0.717) is 41.3 Å². The van der Waals surface area contributed by atoms with Gasteiger partial charge in [0.05, 0.1) is 31.0 Å². The van der Waals surface area contributed by atoms with Crippen molar-refractivity contribution in [3.8, 4) is 11.5 Å². The molecule has 1 atom stereocenters. The van der Waals surface area contributed by atoms with Crippen LogP contribution in [0.25, 0.3) is 0 Å². The summed E-state index contributed by atoms with van der Waals surface area (Å²) in [5.74, 6) is 0.567. The number of amides is 3. The first-order valence-electron chi connectivity index (χ1n) is 11.7. The van der Waals surface area contributed by atoms with E-state index in [1.807, 2.05) is 26.0 Å². The van der Waals surface area contributed by atoms with Crippen LogP contribution in [-0.4, -0.2) is 49.4 Å². The van der Waals surface area contributed by atoms with Crippen molar-refractivity contribution in [2.24, 2.45) is 0 Å². The minimum absolute atomic E-state index is 0.0421. The zero-order valence-electron chi connectivity index (χ0n) is 20.1. The third-order valence-corrected chi connectivity index (χ3v) is 6.24. The average molecular weight is 466 g/mol. The van der Waals surface area contributed by atoms with Crippen molar-refractivity contribution in [2.75, 3.05) is 25.7 Å². The molecule has 0 aromatic heterocycles. The van der Waals surface area contributed by atoms with E-state index in [4.69, 9.17) is 9.47 Å². The Bertz CT molecular complexity index is 1110. The standard InChI is InChI=1S/C26H31N3O5/c1-16(2)27-21(30)12-6-5-9-15-28-24-18-13-14-20(33-3)23(34-4)22(18)26(32)29(24)19-11-8-7-10-17(19)25(28)31/h7-8,10-11,13-14,16,24H,5-6,9,12,15H2,1-4H3,(H,27,30)/t24-/m1/s1. The zero-order valence-corrected chi connectivity index (χ0v) is 20.1. The van der Waals surface area contributed by atoms with Crippen LogP contribution in [-0.2, 0) is 4.79 Å². The van der Waals surface area contributed by atoms with Gasteiger partial charge in [0.1, 0.15) is 6.17 Å². The van der Waals surface area contributed by atoms with Gasteiger partial charge < -0.3 is 19.7 Å². The summed E-state index contributed by atoms with van der Waals surface area (Å²) in [6.45, 7) is 4.35. The summed E-state index contributed by atoms with van der Waals surface area (Å²) in [6.07, 6.45) is 2.18. The third kappa shape index (κ3) is 4.08. The van der Waals surface area contributed by atoms with Gasteiger partial charge in [-0.25, -0.2) is 0 Å².